The number of unbranched alkanes of at least 4 members (excludes halogenated alkanes) is 11. The number of hydrogen-bond acceptors (Lipinski definition) is 3. The molecule has 0 N–H and O–H groups in total. The molecule has 150 valence electrons. The van der Waals surface area contributed by atoms with Gasteiger partial charge < -0.3 is 9.90 Å². The summed E-state index contributed by atoms with van der Waals surface area (Å²) in [6, 6.07) is -0.383. The number of carboxylic acids is 1. The molecule has 0 radical (unpaired) electrons. The van der Waals surface area contributed by atoms with E-state index in [0.717, 1.165) is 45.2 Å². The minimum absolute atomic E-state index is 0. The maximum atomic E-state index is 11.6. The first-order valence-electron chi connectivity index (χ1n) is 11.1. The zero-order valence-electron chi connectivity index (χ0n) is 18.4. The van der Waals surface area contributed by atoms with Crippen molar-refractivity contribution >= 4 is 5.97 Å². The van der Waals surface area contributed by atoms with Crippen molar-refractivity contribution in [3.8, 4) is 0 Å². The molecule has 0 aromatic carbocycles. The van der Waals surface area contributed by atoms with Gasteiger partial charge in [0.05, 0.1) is 5.97 Å². The van der Waals surface area contributed by atoms with Crippen LogP contribution in [0.1, 0.15) is 117 Å². The van der Waals surface area contributed by atoms with Crippen molar-refractivity contribution in [1.29, 1.82) is 0 Å². The van der Waals surface area contributed by atoms with Crippen molar-refractivity contribution in [3.05, 3.63) is 0 Å². The first-order valence-corrected chi connectivity index (χ1v) is 11.1. The van der Waals surface area contributed by atoms with Gasteiger partial charge in [0, 0.05) is 6.04 Å². The molecule has 0 fully saturated rings. The quantitative estimate of drug-likeness (QED) is 0.256. The standard InChI is InChI=1S/C22H45NO2.Na/c1-4-7-10-12-14-16-19-23(20-17-15-13-11-8-5-2)21(22(24)25)18-9-6-3;/h21H,4-20H2,1-3H3,(H,24,25);/q;+1/p-1. The predicted molar refractivity (Wildman–Crippen MR) is 107 cm³/mol. The molecule has 4 heteroatoms. The molecule has 0 spiro atoms. The molecular formula is C22H44NNaO2. The summed E-state index contributed by atoms with van der Waals surface area (Å²) < 4.78 is 0. The Morgan fingerprint density at radius 2 is 1.08 bits per heavy atom. The Kier molecular flexibility index (Phi) is 23.9. The molecule has 0 saturated heterocycles. The molecule has 3 nitrogen and oxygen atoms in total. The van der Waals surface area contributed by atoms with Crippen LogP contribution in [-0.4, -0.2) is 30.0 Å². The molecule has 0 aliphatic heterocycles. The summed E-state index contributed by atoms with van der Waals surface area (Å²) in [7, 11) is 0. The van der Waals surface area contributed by atoms with Crippen LogP contribution < -0.4 is 34.7 Å². The van der Waals surface area contributed by atoms with Gasteiger partial charge in [-0.05, 0) is 32.4 Å². The number of carbonyl (C=O) groups is 1. The van der Waals surface area contributed by atoms with E-state index in [9.17, 15) is 9.90 Å². The molecule has 0 heterocycles. The Morgan fingerprint density at radius 3 is 1.46 bits per heavy atom. The second kappa shape index (κ2) is 21.7. The van der Waals surface area contributed by atoms with Gasteiger partial charge in [-0.3, -0.25) is 4.90 Å². The van der Waals surface area contributed by atoms with Crippen molar-refractivity contribution in [2.45, 2.75) is 123 Å². The van der Waals surface area contributed by atoms with Crippen LogP contribution in [0.25, 0.3) is 0 Å². The monoisotopic (exact) mass is 377 g/mol. The number of carbonyl (C=O) groups excluding carboxylic acids is 1. The molecule has 0 saturated carbocycles. The molecule has 1 unspecified atom stereocenters. The fraction of sp³-hybridized carbons (Fsp3) is 0.955. The molecular weight excluding hydrogens is 333 g/mol. The van der Waals surface area contributed by atoms with E-state index < -0.39 is 5.97 Å². The zero-order chi connectivity index (χ0) is 18.8. The van der Waals surface area contributed by atoms with Crippen LogP contribution in [-0.2, 0) is 4.79 Å². The van der Waals surface area contributed by atoms with Gasteiger partial charge in [-0.15, -0.1) is 0 Å². The zero-order valence-corrected chi connectivity index (χ0v) is 20.4. The Hall–Kier alpha value is 0.430. The van der Waals surface area contributed by atoms with Crippen LogP contribution >= 0.6 is 0 Å². The second-order valence-corrected chi connectivity index (χ2v) is 7.55. The van der Waals surface area contributed by atoms with E-state index >= 15 is 0 Å². The largest absolute Gasteiger partial charge is 1.00 e. The van der Waals surface area contributed by atoms with E-state index in [1.165, 1.54) is 64.2 Å². The fourth-order valence-electron chi connectivity index (χ4n) is 3.46. The summed E-state index contributed by atoms with van der Waals surface area (Å²) in [6.45, 7) is 8.44. The molecule has 26 heavy (non-hydrogen) atoms. The minimum atomic E-state index is -0.870. The van der Waals surface area contributed by atoms with E-state index in [1.807, 2.05) is 0 Å². The van der Waals surface area contributed by atoms with Crippen LogP contribution in [0.5, 0.6) is 0 Å². The van der Waals surface area contributed by atoms with E-state index in [0.29, 0.717) is 0 Å². The summed E-state index contributed by atoms with van der Waals surface area (Å²) in [5.74, 6) is -0.870. The topological polar surface area (TPSA) is 43.4 Å². The Balaban J connectivity index is 0. The van der Waals surface area contributed by atoms with Crippen molar-refractivity contribution in [3.63, 3.8) is 0 Å². The second-order valence-electron chi connectivity index (χ2n) is 7.55. The van der Waals surface area contributed by atoms with Gasteiger partial charge in [-0.25, -0.2) is 0 Å². The van der Waals surface area contributed by atoms with Crippen molar-refractivity contribution in [2.75, 3.05) is 13.1 Å². The maximum absolute atomic E-state index is 11.6. The smallest absolute Gasteiger partial charge is 0.548 e. The summed E-state index contributed by atoms with van der Waals surface area (Å²) in [5.41, 5.74) is 0. The molecule has 0 aliphatic carbocycles. The SMILES string of the molecule is CCCCCCCCN(CCCCCCCC)C(CCCC)C(=O)[O-].[Na+]. The van der Waals surface area contributed by atoms with E-state index in [2.05, 4.69) is 25.7 Å². The average Bonchev–Trinajstić information content (AvgIpc) is 2.60. The summed E-state index contributed by atoms with van der Waals surface area (Å²) >= 11 is 0. The average molecular weight is 378 g/mol. The van der Waals surface area contributed by atoms with Gasteiger partial charge in [0.15, 0.2) is 0 Å². The molecule has 1 atom stereocenters. The fourth-order valence-corrected chi connectivity index (χ4v) is 3.46. The normalized spacial score (nSPS) is 12.2. The predicted octanol–water partition coefficient (Wildman–Crippen LogP) is 2.32. The van der Waals surface area contributed by atoms with Gasteiger partial charge in [0.1, 0.15) is 0 Å². The number of rotatable bonds is 19. The van der Waals surface area contributed by atoms with Crippen LogP contribution in [0.2, 0.25) is 0 Å². The van der Waals surface area contributed by atoms with Crippen LogP contribution in [0.4, 0.5) is 0 Å². The maximum Gasteiger partial charge on any atom is 1.00 e. The third kappa shape index (κ3) is 16.6. The molecule has 0 rings (SSSR count). The van der Waals surface area contributed by atoms with Gasteiger partial charge in [0.2, 0.25) is 0 Å². The minimum Gasteiger partial charge on any atom is -0.548 e. The van der Waals surface area contributed by atoms with E-state index in [4.69, 9.17) is 0 Å². The molecule has 0 aromatic rings. The van der Waals surface area contributed by atoms with Gasteiger partial charge in [-0.1, -0.05) is 97.8 Å². The Bertz CT molecular complexity index is 284. The molecule has 0 amide bonds. The van der Waals surface area contributed by atoms with Crippen LogP contribution in [0.3, 0.4) is 0 Å². The van der Waals surface area contributed by atoms with Crippen molar-refractivity contribution in [2.24, 2.45) is 0 Å². The number of aliphatic carboxylic acids is 1. The number of hydrogen-bond donors (Lipinski definition) is 0. The summed E-state index contributed by atoms with van der Waals surface area (Å²) in [4.78, 5) is 13.9. The first-order chi connectivity index (χ1) is 12.2. The van der Waals surface area contributed by atoms with Crippen LogP contribution in [0, 0.1) is 0 Å². The Morgan fingerprint density at radius 1 is 0.692 bits per heavy atom. The summed E-state index contributed by atoms with van der Waals surface area (Å²) in [5, 5.41) is 11.6. The van der Waals surface area contributed by atoms with Gasteiger partial charge in [0.25, 0.3) is 0 Å². The van der Waals surface area contributed by atoms with Crippen molar-refractivity contribution in [1.82, 2.24) is 4.90 Å². The molecule has 0 aliphatic rings. The third-order valence-electron chi connectivity index (χ3n) is 5.14. The number of carboxylic acid groups (broad SMARTS) is 1. The van der Waals surface area contributed by atoms with Crippen LogP contribution in [0.15, 0.2) is 0 Å². The van der Waals surface area contributed by atoms with E-state index in [1.54, 1.807) is 0 Å². The Labute approximate surface area is 186 Å². The molecule has 0 aromatic heterocycles. The first kappa shape index (κ1) is 28.6. The summed E-state index contributed by atoms with van der Waals surface area (Å²) in [6.07, 6.45) is 17.8. The number of nitrogens with zero attached hydrogens (tertiary/aromatic N) is 1. The van der Waals surface area contributed by atoms with E-state index in [-0.39, 0.29) is 35.6 Å². The van der Waals surface area contributed by atoms with Gasteiger partial charge >= 0.3 is 29.6 Å². The van der Waals surface area contributed by atoms with Gasteiger partial charge in [-0.2, -0.15) is 0 Å². The van der Waals surface area contributed by atoms with Crippen molar-refractivity contribution < 1.29 is 39.5 Å². The third-order valence-corrected chi connectivity index (χ3v) is 5.14. The molecule has 0 bridgehead atoms.